The molecule has 1 unspecified atom stereocenters. The largest absolute Gasteiger partial charge is 0.507 e. The molecule has 0 spiro atoms. The van der Waals surface area contributed by atoms with Crippen molar-refractivity contribution in [2.75, 3.05) is 0 Å². The molecular weight excluding hydrogens is 412 g/mol. The number of hydrogen-bond donors (Lipinski definition) is 4. The van der Waals surface area contributed by atoms with E-state index in [1.165, 1.54) is 24.3 Å². The van der Waals surface area contributed by atoms with E-state index in [1.807, 2.05) is 19.9 Å². The fourth-order valence-electron chi connectivity index (χ4n) is 2.75. The number of phenols is 4. The van der Waals surface area contributed by atoms with E-state index in [-0.39, 0.29) is 62.8 Å². The number of carbonyl (C=O) groups is 1. The van der Waals surface area contributed by atoms with Gasteiger partial charge in [0.15, 0.2) is 0 Å². The van der Waals surface area contributed by atoms with Gasteiger partial charge in [-0.15, -0.1) is 0 Å². The fourth-order valence-corrected chi connectivity index (χ4v) is 2.75. The van der Waals surface area contributed by atoms with Crippen molar-refractivity contribution in [1.29, 1.82) is 0 Å². The van der Waals surface area contributed by atoms with Crippen LogP contribution in [0.1, 0.15) is 45.8 Å². The quantitative estimate of drug-likeness (QED) is 0.180. The second-order valence-electron chi connectivity index (χ2n) is 6.85. The Bertz CT molecular complexity index is 938. The first-order valence-electron chi connectivity index (χ1n) is 8.50. The molecular formula is C21H24CuO6. The van der Waals surface area contributed by atoms with Crippen molar-refractivity contribution in [3.05, 3.63) is 47.1 Å². The summed E-state index contributed by atoms with van der Waals surface area (Å²) in [5.41, 5.74) is 1.88. The molecule has 155 valence electrons. The van der Waals surface area contributed by atoms with Crippen molar-refractivity contribution in [3.63, 3.8) is 0 Å². The van der Waals surface area contributed by atoms with Crippen molar-refractivity contribution >= 4 is 16.7 Å². The second kappa shape index (κ2) is 9.53. The third kappa shape index (κ3) is 5.21. The summed E-state index contributed by atoms with van der Waals surface area (Å²) < 4.78 is 5.48. The third-order valence-electron chi connectivity index (χ3n) is 3.97. The van der Waals surface area contributed by atoms with Crippen molar-refractivity contribution in [3.8, 4) is 23.0 Å². The van der Waals surface area contributed by atoms with Gasteiger partial charge in [-0.2, -0.15) is 0 Å². The van der Waals surface area contributed by atoms with E-state index in [9.17, 15) is 25.2 Å². The Morgan fingerprint density at radius 1 is 0.964 bits per heavy atom. The summed E-state index contributed by atoms with van der Waals surface area (Å²) >= 11 is 0. The van der Waals surface area contributed by atoms with E-state index in [4.69, 9.17) is 4.74 Å². The van der Waals surface area contributed by atoms with E-state index in [0.29, 0.717) is 0 Å². The third-order valence-corrected chi connectivity index (χ3v) is 3.97. The number of esters is 1. The monoisotopic (exact) mass is 435 g/mol. The van der Waals surface area contributed by atoms with Crippen LogP contribution in [0.2, 0.25) is 0 Å². The summed E-state index contributed by atoms with van der Waals surface area (Å²) in [5.74, 6) is -1.89. The Morgan fingerprint density at radius 2 is 1.54 bits per heavy atom. The van der Waals surface area contributed by atoms with Crippen LogP contribution in [0, 0.1) is 0 Å². The Morgan fingerprint density at radius 3 is 2.07 bits per heavy atom. The first kappa shape index (κ1) is 23.4. The molecule has 0 amide bonds. The van der Waals surface area contributed by atoms with Crippen LogP contribution in [0.5, 0.6) is 23.0 Å². The number of hydrogen-bond acceptors (Lipinski definition) is 6. The second-order valence-corrected chi connectivity index (χ2v) is 6.85. The normalized spacial score (nSPS) is 11.3. The molecule has 2 aromatic rings. The number of fused-ring (bicyclic) bond motifs is 1. The molecule has 28 heavy (non-hydrogen) atoms. The van der Waals surface area contributed by atoms with Gasteiger partial charge in [0.25, 0.3) is 0 Å². The zero-order chi connectivity index (χ0) is 20.3. The fraction of sp³-hybridized carbons (Fsp3) is 0.286. The van der Waals surface area contributed by atoms with Crippen LogP contribution in [-0.2, 0) is 26.6 Å². The summed E-state index contributed by atoms with van der Waals surface area (Å²) in [7, 11) is 0. The molecule has 0 aliphatic carbocycles. The molecule has 0 aliphatic rings. The van der Waals surface area contributed by atoms with E-state index < -0.39 is 12.1 Å². The average Bonchev–Trinajstić information content (AvgIpc) is 2.56. The smallest absolute Gasteiger partial charge is 0.331 e. The average molecular weight is 436 g/mol. The molecule has 2 aromatic carbocycles. The molecule has 0 heterocycles. The van der Waals surface area contributed by atoms with Gasteiger partial charge in [0.2, 0.25) is 0 Å². The number of rotatable bonds is 5. The van der Waals surface area contributed by atoms with Gasteiger partial charge in [0.05, 0.1) is 10.8 Å². The zero-order valence-corrected chi connectivity index (χ0v) is 17.0. The van der Waals surface area contributed by atoms with Crippen LogP contribution in [0.4, 0.5) is 0 Å². The summed E-state index contributed by atoms with van der Waals surface area (Å²) in [5, 5.41) is 40.9. The Kier molecular flexibility index (Phi) is 7.97. The number of ether oxygens (including phenoxy) is 1. The van der Waals surface area contributed by atoms with E-state index in [1.54, 1.807) is 13.8 Å². The van der Waals surface area contributed by atoms with Gasteiger partial charge in [0, 0.05) is 35.1 Å². The van der Waals surface area contributed by atoms with Gasteiger partial charge in [-0.25, -0.2) is 4.79 Å². The van der Waals surface area contributed by atoms with Crippen LogP contribution in [0.15, 0.2) is 41.5 Å². The summed E-state index contributed by atoms with van der Waals surface area (Å²) in [4.78, 5) is 12.1. The van der Waals surface area contributed by atoms with E-state index >= 15 is 0 Å². The molecule has 0 aromatic heterocycles. The number of allylic oxidation sites excluding steroid dienone is 2. The van der Waals surface area contributed by atoms with Crippen molar-refractivity contribution in [2.45, 2.75) is 40.2 Å². The Balaban J connectivity index is 0.00000392. The van der Waals surface area contributed by atoms with E-state index in [2.05, 4.69) is 0 Å². The topological polar surface area (TPSA) is 107 Å². The SMILES string of the molecule is CC(C)=CCC(OC(=O)C=C(C)C)c1cc(O)c2c(O)ccc(O)c2c1O.[Cu]. The maximum atomic E-state index is 12.1. The minimum atomic E-state index is -0.889. The molecule has 0 fully saturated rings. The first-order chi connectivity index (χ1) is 12.6. The molecule has 1 radical (unpaired) electrons. The molecule has 4 N–H and O–H groups in total. The number of aromatic hydroxyl groups is 4. The van der Waals surface area contributed by atoms with Crippen LogP contribution in [0.25, 0.3) is 10.8 Å². The van der Waals surface area contributed by atoms with Gasteiger partial charge in [0.1, 0.15) is 29.1 Å². The zero-order valence-electron chi connectivity index (χ0n) is 16.1. The Labute approximate surface area is 174 Å². The minimum absolute atomic E-state index is 0. The molecule has 2 rings (SSSR count). The van der Waals surface area contributed by atoms with Crippen molar-refractivity contribution in [2.24, 2.45) is 0 Å². The molecule has 0 aliphatic heterocycles. The van der Waals surface area contributed by atoms with Gasteiger partial charge < -0.3 is 25.2 Å². The van der Waals surface area contributed by atoms with E-state index in [0.717, 1.165) is 11.1 Å². The predicted molar refractivity (Wildman–Crippen MR) is 103 cm³/mol. The number of benzene rings is 2. The molecule has 0 saturated carbocycles. The molecule has 0 saturated heterocycles. The molecule has 1 atom stereocenters. The number of carbonyl (C=O) groups excluding carboxylic acids is 1. The van der Waals surface area contributed by atoms with Crippen LogP contribution in [0.3, 0.4) is 0 Å². The minimum Gasteiger partial charge on any atom is -0.507 e. The standard InChI is InChI=1S/C21H24O6.Cu/c1-11(2)5-8-17(27-18(25)9-12(3)4)13-10-16(24)19-14(22)6-7-15(23)20(19)21(13)26;/h5-7,9-10,17,22-24,26H,8H2,1-4H3;. The van der Waals surface area contributed by atoms with Gasteiger partial charge in [-0.05, 0) is 45.9 Å². The first-order valence-corrected chi connectivity index (χ1v) is 8.50. The molecule has 0 bridgehead atoms. The maximum Gasteiger partial charge on any atom is 0.331 e. The van der Waals surface area contributed by atoms with Crippen molar-refractivity contribution < 1.29 is 47.0 Å². The van der Waals surface area contributed by atoms with Crippen LogP contribution < -0.4 is 0 Å². The van der Waals surface area contributed by atoms with Crippen LogP contribution in [-0.4, -0.2) is 26.4 Å². The number of phenolic OH excluding ortho intramolecular Hbond substituents is 4. The van der Waals surface area contributed by atoms with Crippen LogP contribution >= 0.6 is 0 Å². The molecule has 7 heteroatoms. The summed E-state index contributed by atoms with van der Waals surface area (Å²) in [6, 6.07) is 3.66. The maximum absolute atomic E-state index is 12.1. The van der Waals surface area contributed by atoms with Gasteiger partial charge in [-0.3, -0.25) is 0 Å². The van der Waals surface area contributed by atoms with Gasteiger partial charge in [-0.1, -0.05) is 17.2 Å². The van der Waals surface area contributed by atoms with Crippen molar-refractivity contribution in [1.82, 2.24) is 0 Å². The predicted octanol–water partition coefficient (Wildman–Crippen LogP) is 4.57. The Hall–Kier alpha value is -2.63. The summed E-state index contributed by atoms with van der Waals surface area (Å²) in [6.45, 7) is 7.28. The summed E-state index contributed by atoms with van der Waals surface area (Å²) in [6.07, 6.45) is 2.54. The van der Waals surface area contributed by atoms with Gasteiger partial charge >= 0.3 is 5.97 Å². The molecule has 6 nitrogen and oxygen atoms in total.